The Labute approximate surface area is 131 Å². The molecule has 3 N–H and O–H groups in total. The van der Waals surface area contributed by atoms with Crippen LogP contribution in [0, 0.1) is 5.82 Å². The van der Waals surface area contributed by atoms with Gasteiger partial charge in [-0.1, -0.05) is 23.2 Å². The average molecular weight is 359 g/mol. The zero-order valence-corrected chi connectivity index (χ0v) is 13.3. The fraction of sp³-hybridized carbons (Fsp3) is 0.364. The van der Waals surface area contributed by atoms with Crippen LogP contribution in [-0.2, 0) is 14.8 Å². The molecule has 1 amide bonds. The van der Waals surface area contributed by atoms with Crippen LogP contribution in [0.4, 0.5) is 4.39 Å². The molecular weight excluding hydrogens is 346 g/mol. The maximum Gasteiger partial charge on any atom is 0.252 e. The molecule has 0 aliphatic heterocycles. The first kappa shape index (κ1) is 18.1. The van der Waals surface area contributed by atoms with Crippen LogP contribution in [0.1, 0.15) is 16.8 Å². The summed E-state index contributed by atoms with van der Waals surface area (Å²) < 4.78 is 41.2. The quantitative estimate of drug-likeness (QED) is 0.595. The lowest BCUT2D eigenvalue weighted by Crippen LogP contribution is -2.26. The second-order valence-electron chi connectivity index (χ2n) is 4.01. The maximum atomic E-state index is 13.6. The van der Waals surface area contributed by atoms with Crippen molar-refractivity contribution in [3.05, 3.63) is 27.5 Å². The van der Waals surface area contributed by atoms with Gasteiger partial charge in [0.15, 0.2) is 0 Å². The van der Waals surface area contributed by atoms with E-state index in [1.165, 1.54) is 7.11 Å². The highest BCUT2D eigenvalue weighted by atomic mass is 35.5. The predicted molar refractivity (Wildman–Crippen MR) is 76.6 cm³/mol. The Morgan fingerprint density at radius 1 is 1.43 bits per heavy atom. The van der Waals surface area contributed by atoms with Crippen molar-refractivity contribution in [2.24, 2.45) is 5.14 Å². The van der Waals surface area contributed by atoms with Gasteiger partial charge in [0, 0.05) is 20.3 Å². The lowest BCUT2D eigenvalue weighted by molar-refractivity contribution is 0.0948. The van der Waals surface area contributed by atoms with Gasteiger partial charge < -0.3 is 10.1 Å². The summed E-state index contributed by atoms with van der Waals surface area (Å²) in [4.78, 5) is 11.1. The summed E-state index contributed by atoms with van der Waals surface area (Å²) >= 11 is 11.3. The standard InChI is InChI=1S/C11H13Cl2FN2O4S/c1-20-4-2-3-16-11(17)6-5-7(14)9(13)10(8(6)12)21(15,18)19/h5H,2-4H2,1H3,(H,16,17)(H2,15,18,19). The SMILES string of the molecule is COCCCNC(=O)c1cc(F)c(Cl)c(S(N)(=O)=O)c1Cl. The topological polar surface area (TPSA) is 98.5 Å². The van der Waals surface area contributed by atoms with E-state index in [0.717, 1.165) is 6.07 Å². The number of methoxy groups -OCH3 is 1. The van der Waals surface area contributed by atoms with E-state index in [4.69, 9.17) is 33.1 Å². The molecule has 118 valence electrons. The first-order valence-electron chi connectivity index (χ1n) is 5.67. The van der Waals surface area contributed by atoms with Gasteiger partial charge in [-0.25, -0.2) is 17.9 Å². The molecule has 0 radical (unpaired) electrons. The zero-order valence-electron chi connectivity index (χ0n) is 11.0. The molecule has 0 saturated carbocycles. The Morgan fingerprint density at radius 3 is 2.57 bits per heavy atom. The maximum absolute atomic E-state index is 13.6. The Balaban J connectivity index is 3.15. The predicted octanol–water partition coefficient (Wildman–Crippen LogP) is 1.55. The Bertz CT molecular complexity index is 652. The number of rotatable bonds is 6. The van der Waals surface area contributed by atoms with Crippen molar-refractivity contribution in [2.75, 3.05) is 20.3 Å². The monoisotopic (exact) mass is 358 g/mol. The van der Waals surface area contributed by atoms with Gasteiger partial charge in [-0.3, -0.25) is 4.79 Å². The van der Waals surface area contributed by atoms with E-state index in [2.05, 4.69) is 5.32 Å². The van der Waals surface area contributed by atoms with Crippen molar-refractivity contribution in [3.8, 4) is 0 Å². The molecule has 1 rings (SSSR count). The van der Waals surface area contributed by atoms with Crippen molar-refractivity contribution in [1.82, 2.24) is 5.32 Å². The molecule has 10 heteroatoms. The van der Waals surface area contributed by atoms with Crippen molar-refractivity contribution >= 4 is 39.1 Å². The van der Waals surface area contributed by atoms with Crippen molar-refractivity contribution in [1.29, 1.82) is 0 Å². The van der Waals surface area contributed by atoms with Gasteiger partial charge in [-0.05, 0) is 12.5 Å². The molecule has 0 spiro atoms. The molecule has 1 aromatic carbocycles. The smallest absolute Gasteiger partial charge is 0.252 e. The molecule has 0 aromatic heterocycles. The highest BCUT2D eigenvalue weighted by Crippen LogP contribution is 2.33. The molecule has 0 saturated heterocycles. The molecular formula is C11H13Cl2FN2O4S. The van der Waals surface area contributed by atoms with E-state index >= 15 is 0 Å². The third-order valence-corrected chi connectivity index (χ3v) is 4.42. The molecule has 0 unspecified atom stereocenters. The highest BCUT2D eigenvalue weighted by molar-refractivity contribution is 7.89. The van der Waals surface area contributed by atoms with Crippen LogP contribution in [-0.4, -0.2) is 34.6 Å². The summed E-state index contributed by atoms with van der Waals surface area (Å²) in [6.07, 6.45) is 0.526. The van der Waals surface area contributed by atoms with E-state index in [-0.39, 0.29) is 12.1 Å². The summed E-state index contributed by atoms with van der Waals surface area (Å²) in [7, 11) is -2.87. The number of ether oxygens (including phenoxy) is 1. The van der Waals surface area contributed by atoms with E-state index in [1.54, 1.807) is 0 Å². The van der Waals surface area contributed by atoms with Gasteiger partial charge in [0.25, 0.3) is 5.91 Å². The van der Waals surface area contributed by atoms with Gasteiger partial charge in [0.2, 0.25) is 10.0 Å². The van der Waals surface area contributed by atoms with Crippen LogP contribution in [0.25, 0.3) is 0 Å². The number of carbonyl (C=O) groups is 1. The first-order valence-corrected chi connectivity index (χ1v) is 7.97. The van der Waals surface area contributed by atoms with Crippen LogP contribution < -0.4 is 10.5 Å². The molecule has 0 aliphatic rings. The molecule has 1 aromatic rings. The van der Waals surface area contributed by atoms with Crippen LogP contribution >= 0.6 is 23.2 Å². The minimum Gasteiger partial charge on any atom is -0.385 e. The van der Waals surface area contributed by atoms with Crippen LogP contribution in [0.5, 0.6) is 0 Å². The number of hydrogen-bond acceptors (Lipinski definition) is 4. The number of carbonyl (C=O) groups excluding carboxylic acids is 1. The van der Waals surface area contributed by atoms with Crippen LogP contribution in [0.15, 0.2) is 11.0 Å². The van der Waals surface area contributed by atoms with Gasteiger partial charge in [-0.2, -0.15) is 0 Å². The second kappa shape index (κ2) is 7.37. The molecule has 0 fully saturated rings. The highest BCUT2D eigenvalue weighted by Gasteiger charge is 2.26. The number of nitrogens with two attached hydrogens (primary N) is 1. The number of sulfonamides is 1. The number of hydrogen-bond donors (Lipinski definition) is 2. The van der Waals surface area contributed by atoms with Gasteiger partial charge in [-0.15, -0.1) is 0 Å². The van der Waals surface area contributed by atoms with E-state index in [9.17, 15) is 17.6 Å². The number of halogens is 3. The van der Waals surface area contributed by atoms with Crippen LogP contribution in [0.3, 0.4) is 0 Å². The summed E-state index contributed by atoms with van der Waals surface area (Å²) in [5, 5.41) is 6.10. The first-order chi connectivity index (χ1) is 9.70. The molecule has 0 bridgehead atoms. The van der Waals surface area contributed by atoms with Gasteiger partial charge in [0.1, 0.15) is 10.7 Å². The minimum absolute atomic E-state index is 0.248. The third-order valence-electron chi connectivity index (χ3n) is 2.46. The normalized spacial score (nSPS) is 11.5. The van der Waals surface area contributed by atoms with Crippen molar-refractivity contribution in [3.63, 3.8) is 0 Å². The number of nitrogens with one attached hydrogen (secondary N) is 1. The third kappa shape index (κ3) is 4.52. The molecule has 21 heavy (non-hydrogen) atoms. The van der Waals surface area contributed by atoms with Crippen molar-refractivity contribution < 1.29 is 22.3 Å². The Hall–Kier alpha value is -0.930. The summed E-state index contributed by atoms with van der Waals surface area (Å²) in [6.45, 7) is 0.670. The minimum atomic E-state index is -4.38. The van der Waals surface area contributed by atoms with E-state index in [0.29, 0.717) is 13.0 Å². The summed E-state index contributed by atoms with van der Waals surface area (Å²) in [5.41, 5.74) is -0.361. The zero-order chi connectivity index (χ0) is 16.2. The molecule has 6 nitrogen and oxygen atoms in total. The lowest BCUT2D eigenvalue weighted by atomic mass is 10.2. The van der Waals surface area contributed by atoms with Crippen LogP contribution in [0.2, 0.25) is 10.0 Å². The second-order valence-corrected chi connectivity index (χ2v) is 6.26. The molecule has 0 atom stereocenters. The lowest BCUT2D eigenvalue weighted by Gasteiger charge is -2.11. The van der Waals surface area contributed by atoms with E-state index < -0.39 is 36.7 Å². The Morgan fingerprint density at radius 2 is 2.05 bits per heavy atom. The number of primary sulfonamides is 1. The van der Waals surface area contributed by atoms with Gasteiger partial charge in [0.05, 0.1) is 15.6 Å². The fourth-order valence-corrected chi connectivity index (χ4v) is 3.29. The summed E-state index contributed by atoms with van der Waals surface area (Å²) in [5.74, 6) is -1.84. The van der Waals surface area contributed by atoms with Gasteiger partial charge >= 0.3 is 0 Å². The summed E-state index contributed by atoms with van der Waals surface area (Å²) in [6, 6.07) is 0.755. The van der Waals surface area contributed by atoms with Crippen molar-refractivity contribution in [2.45, 2.75) is 11.3 Å². The Kier molecular flexibility index (Phi) is 6.36. The molecule has 0 aliphatic carbocycles. The number of benzene rings is 1. The fourth-order valence-electron chi connectivity index (χ4n) is 1.51. The molecule has 0 heterocycles. The van der Waals surface area contributed by atoms with E-state index in [1.807, 2.05) is 0 Å². The number of amides is 1. The average Bonchev–Trinajstić information content (AvgIpc) is 2.37. The largest absolute Gasteiger partial charge is 0.385 e.